The maximum absolute atomic E-state index is 12.1. The zero-order valence-electron chi connectivity index (χ0n) is 14.5. The van der Waals surface area contributed by atoms with E-state index in [2.05, 4.69) is 10.6 Å². The van der Waals surface area contributed by atoms with Crippen LogP contribution in [0.2, 0.25) is 0 Å². The molecule has 0 fully saturated rings. The number of hydrogen-bond acceptors (Lipinski definition) is 3. The summed E-state index contributed by atoms with van der Waals surface area (Å²) >= 11 is 0. The smallest absolute Gasteiger partial charge is 0.251 e. The van der Waals surface area contributed by atoms with Gasteiger partial charge in [0, 0.05) is 24.2 Å². The molecule has 0 radical (unpaired) electrons. The van der Waals surface area contributed by atoms with Gasteiger partial charge in [-0.05, 0) is 43.0 Å². The number of benzene rings is 1. The maximum Gasteiger partial charge on any atom is 0.251 e. The lowest BCUT2D eigenvalue weighted by Crippen LogP contribution is -2.32. The molecular weight excluding hydrogens is 292 g/mol. The lowest BCUT2D eigenvalue weighted by molar-refractivity contribution is -0.116. The van der Waals surface area contributed by atoms with Gasteiger partial charge in [0.05, 0.1) is 6.10 Å². The molecule has 1 rings (SSSR count). The highest BCUT2D eigenvalue weighted by molar-refractivity contribution is 5.96. The van der Waals surface area contributed by atoms with Crippen molar-refractivity contribution in [1.29, 1.82) is 0 Å². The van der Waals surface area contributed by atoms with Gasteiger partial charge in [0.1, 0.15) is 0 Å². The molecule has 5 heteroatoms. The molecule has 0 saturated carbocycles. The molecule has 1 unspecified atom stereocenters. The number of hydrogen-bond donors (Lipinski definition) is 3. The molecule has 5 nitrogen and oxygen atoms in total. The minimum Gasteiger partial charge on any atom is -0.391 e. The fourth-order valence-corrected chi connectivity index (χ4v) is 2.27. The van der Waals surface area contributed by atoms with Crippen molar-refractivity contribution in [3.8, 4) is 0 Å². The Morgan fingerprint density at radius 1 is 1.26 bits per heavy atom. The topological polar surface area (TPSA) is 78.4 Å². The Balaban J connectivity index is 2.64. The first kappa shape index (κ1) is 19.2. The first-order chi connectivity index (χ1) is 10.8. The largest absolute Gasteiger partial charge is 0.391 e. The SMILES string of the molecule is CCCC(O)CNC(=O)c1ccc(NC(=O)CC(C)C)c(C)c1. The van der Waals surface area contributed by atoms with Crippen molar-refractivity contribution < 1.29 is 14.7 Å². The number of carbonyl (C=O) groups excluding carboxylic acids is 2. The second kappa shape index (κ2) is 9.30. The summed E-state index contributed by atoms with van der Waals surface area (Å²) in [5, 5.41) is 15.2. The summed E-state index contributed by atoms with van der Waals surface area (Å²) in [6.07, 6.45) is 1.50. The molecule has 0 bridgehead atoms. The normalized spacial score (nSPS) is 12.1. The summed E-state index contributed by atoms with van der Waals surface area (Å²) < 4.78 is 0. The molecule has 23 heavy (non-hydrogen) atoms. The van der Waals surface area contributed by atoms with Crippen LogP contribution < -0.4 is 10.6 Å². The lowest BCUT2D eigenvalue weighted by Gasteiger charge is -2.13. The van der Waals surface area contributed by atoms with Crippen LogP contribution in [-0.2, 0) is 4.79 Å². The molecule has 1 atom stereocenters. The van der Waals surface area contributed by atoms with Crippen LogP contribution in [0.15, 0.2) is 18.2 Å². The Bertz CT molecular complexity index is 541. The van der Waals surface area contributed by atoms with Gasteiger partial charge in [-0.1, -0.05) is 27.2 Å². The summed E-state index contributed by atoms with van der Waals surface area (Å²) in [7, 11) is 0. The molecule has 0 aliphatic rings. The number of amides is 2. The van der Waals surface area contributed by atoms with Crippen LogP contribution in [0.5, 0.6) is 0 Å². The van der Waals surface area contributed by atoms with Crippen molar-refractivity contribution in [3.63, 3.8) is 0 Å². The van der Waals surface area contributed by atoms with Gasteiger partial charge in [0.15, 0.2) is 0 Å². The molecule has 3 N–H and O–H groups in total. The van der Waals surface area contributed by atoms with Crippen molar-refractivity contribution in [2.24, 2.45) is 5.92 Å². The average Bonchev–Trinajstić information content (AvgIpc) is 2.46. The molecule has 0 aliphatic heterocycles. The van der Waals surface area contributed by atoms with Crippen LogP contribution in [0.3, 0.4) is 0 Å². The van der Waals surface area contributed by atoms with Crippen molar-refractivity contribution in [2.45, 2.75) is 53.1 Å². The number of aliphatic hydroxyl groups excluding tert-OH is 1. The van der Waals surface area contributed by atoms with Gasteiger partial charge in [0.2, 0.25) is 5.91 Å². The number of aliphatic hydroxyl groups is 1. The van der Waals surface area contributed by atoms with E-state index in [1.165, 1.54) is 0 Å². The van der Waals surface area contributed by atoms with E-state index in [0.29, 0.717) is 24.3 Å². The van der Waals surface area contributed by atoms with Crippen LogP contribution in [-0.4, -0.2) is 29.6 Å². The highest BCUT2D eigenvalue weighted by Gasteiger charge is 2.11. The number of nitrogens with one attached hydrogen (secondary N) is 2. The zero-order chi connectivity index (χ0) is 17.4. The van der Waals surface area contributed by atoms with E-state index in [1.54, 1.807) is 18.2 Å². The standard InChI is InChI=1S/C18H28N2O3/c1-5-6-15(21)11-19-18(23)14-7-8-16(13(4)10-14)20-17(22)9-12(2)3/h7-8,10,12,15,21H,5-6,9,11H2,1-4H3,(H,19,23)(H,20,22). The second-order valence-corrected chi connectivity index (χ2v) is 6.33. The van der Waals surface area contributed by atoms with Gasteiger partial charge >= 0.3 is 0 Å². The van der Waals surface area contributed by atoms with Crippen molar-refractivity contribution in [1.82, 2.24) is 5.32 Å². The molecule has 0 saturated heterocycles. The Morgan fingerprint density at radius 3 is 2.52 bits per heavy atom. The third kappa shape index (κ3) is 6.82. The van der Waals surface area contributed by atoms with E-state index >= 15 is 0 Å². The minimum absolute atomic E-state index is 0.0250. The minimum atomic E-state index is -0.514. The van der Waals surface area contributed by atoms with Crippen LogP contribution in [0.25, 0.3) is 0 Å². The van der Waals surface area contributed by atoms with Gasteiger partial charge < -0.3 is 15.7 Å². The monoisotopic (exact) mass is 320 g/mol. The van der Waals surface area contributed by atoms with E-state index in [1.807, 2.05) is 27.7 Å². The number of anilines is 1. The van der Waals surface area contributed by atoms with Gasteiger partial charge in [-0.15, -0.1) is 0 Å². The summed E-state index contributed by atoms with van der Waals surface area (Å²) in [5.74, 6) is 0.0567. The first-order valence-electron chi connectivity index (χ1n) is 8.20. The Labute approximate surface area is 138 Å². The molecule has 0 heterocycles. The van der Waals surface area contributed by atoms with Crippen molar-refractivity contribution >= 4 is 17.5 Å². The van der Waals surface area contributed by atoms with E-state index < -0.39 is 6.10 Å². The predicted molar refractivity (Wildman–Crippen MR) is 92.5 cm³/mol. The Hall–Kier alpha value is -1.88. The molecule has 2 amide bonds. The average molecular weight is 320 g/mol. The van der Waals surface area contributed by atoms with Gasteiger partial charge in [-0.25, -0.2) is 0 Å². The van der Waals surface area contributed by atoms with Gasteiger partial charge in [-0.3, -0.25) is 9.59 Å². The third-order valence-corrected chi connectivity index (χ3v) is 3.48. The van der Waals surface area contributed by atoms with E-state index in [0.717, 1.165) is 17.7 Å². The highest BCUT2D eigenvalue weighted by Crippen LogP contribution is 2.17. The van der Waals surface area contributed by atoms with Crippen LogP contribution >= 0.6 is 0 Å². The van der Waals surface area contributed by atoms with Gasteiger partial charge in [0.25, 0.3) is 5.91 Å². The summed E-state index contributed by atoms with van der Waals surface area (Å²) in [6, 6.07) is 5.16. The lowest BCUT2D eigenvalue weighted by atomic mass is 10.1. The van der Waals surface area contributed by atoms with Crippen LogP contribution in [0.4, 0.5) is 5.69 Å². The van der Waals surface area contributed by atoms with E-state index in [4.69, 9.17) is 0 Å². The van der Waals surface area contributed by atoms with Crippen molar-refractivity contribution in [2.75, 3.05) is 11.9 Å². The second-order valence-electron chi connectivity index (χ2n) is 6.33. The molecule has 1 aromatic rings. The third-order valence-electron chi connectivity index (χ3n) is 3.48. The Kier molecular flexibility index (Phi) is 7.75. The molecule has 0 aliphatic carbocycles. The summed E-state index contributed by atoms with van der Waals surface area (Å²) in [4.78, 5) is 23.9. The maximum atomic E-state index is 12.1. The quantitative estimate of drug-likeness (QED) is 0.689. The summed E-state index contributed by atoms with van der Waals surface area (Å²) in [5.41, 5.74) is 2.08. The first-order valence-corrected chi connectivity index (χ1v) is 8.20. The molecule has 0 spiro atoms. The van der Waals surface area contributed by atoms with Crippen LogP contribution in [0.1, 0.15) is 56.0 Å². The molecule has 128 valence electrons. The van der Waals surface area contributed by atoms with E-state index in [9.17, 15) is 14.7 Å². The van der Waals surface area contributed by atoms with Gasteiger partial charge in [-0.2, -0.15) is 0 Å². The number of carbonyl (C=O) groups is 2. The summed E-state index contributed by atoms with van der Waals surface area (Å²) in [6.45, 7) is 8.08. The fourth-order valence-electron chi connectivity index (χ4n) is 2.27. The molecule has 0 aromatic heterocycles. The number of rotatable bonds is 8. The molecule has 1 aromatic carbocycles. The highest BCUT2D eigenvalue weighted by atomic mass is 16.3. The zero-order valence-corrected chi connectivity index (χ0v) is 14.5. The number of aryl methyl sites for hydroxylation is 1. The fraction of sp³-hybridized carbons (Fsp3) is 0.556. The van der Waals surface area contributed by atoms with Crippen LogP contribution in [0, 0.1) is 12.8 Å². The Morgan fingerprint density at radius 2 is 1.96 bits per heavy atom. The van der Waals surface area contributed by atoms with Crippen molar-refractivity contribution in [3.05, 3.63) is 29.3 Å². The van der Waals surface area contributed by atoms with E-state index in [-0.39, 0.29) is 18.4 Å². The molecular formula is C18H28N2O3. The predicted octanol–water partition coefficient (Wildman–Crippen LogP) is 2.87.